The average Bonchev–Trinajstić information content (AvgIpc) is 3.19. The van der Waals surface area contributed by atoms with Crippen LogP contribution in [0.15, 0.2) is 58.4 Å². The number of aryl methyl sites for hydroxylation is 1. The van der Waals surface area contributed by atoms with Gasteiger partial charge in [0.1, 0.15) is 4.38 Å². The molecule has 1 heterocycles. The van der Waals surface area contributed by atoms with Crippen molar-refractivity contribution in [1.29, 1.82) is 0 Å². The Kier molecular flexibility index (Phi) is 7.53. The van der Waals surface area contributed by atoms with E-state index < -0.39 is 0 Å². The predicted octanol–water partition coefficient (Wildman–Crippen LogP) is 4.85. The highest BCUT2D eigenvalue weighted by Crippen LogP contribution is 2.26. The number of rotatable bonds is 7. The molecular weight excluding hydrogens is 380 g/mol. The van der Waals surface area contributed by atoms with Crippen LogP contribution in [0.2, 0.25) is 0 Å². The van der Waals surface area contributed by atoms with Crippen LogP contribution >= 0.6 is 35.3 Å². The lowest BCUT2D eigenvalue weighted by Crippen LogP contribution is -2.26. The fourth-order valence-electron chi connectivity index (χ4n) is 2.47. The van der Waals surface area contributed by atoms with Crippen molar-refractivity contribution >= 4 is 45.6 Å². The van der Waals surface area contributed by atoms with E-state index in [0.29, 0.717) is 6.54 Å². The zero-order chi connectivity index (χ0) is 18.2. The van der Waals surface area contributed by atoms with E-state index in [4.69, 9.17) is 0 Å². The minimum Gasteiger partial charge on any atom is -0.351 e. The van der Waals surface area contributed by atoms with E-state index in [0.717, 1.165) is 39.3 Å². The molecule has 0 aliphatic carbocycles. The molecule has 2 aromatic carbocycles. The van der Waals surface area contributed by atoms with Crippen LogP contribution in [0.25, 0.3) is 0 Å². The molecule has 0 spiro atoms. The number of nitrogens with zero attached hydrogens (tertiary/aromatic N) is 1. The number of hydrogen-bond acceptors (Lipinski definition) is 5. The first kappa shape index (κ1) is 19.4. The number of carbonyl (C=O) groups excluding carboxylic acids is 1. The molecule has 6 heteroatoms. The quantitative estimate of drug-likeness (QED) is 0.531. The Morgan fingerprint density at radius 2 is 1.96 bits per heavy atom. The van der Waals surface area contributed by atoms with Gasteiger partial charge < -0.3 is 5.32 Å². The number of hydrogen-bond donors (Lipinski definition) is 1. The van der Waals surface area contributed by atoms with E-state index in [1.54, 1.807) is 35.3 Å². The van der Waals surface area contributed by atoms with Crippen LogP contribution in [0.5, 0.6) is 0 Å². The van der Waals surface area contributed by atoms with Crippen molar-refractivity contribution in [2.75, 3.05) is 24.6 Å². The average molecular weight is 403 g/mol. The van der Waals surface area contributed by atoms with Gasteiger partial charge in [-0.2, -0.15) is 0 Å². The summed E-state index contributed by atoms with van der Waals surface area (Å²) >= 11 is 5.29. The van der Waals surface area contributed by atoms with Gasteiger partial charge >= 0.3 is 0 Å². The maximum atomic E-state index is 12.6. The number of carbonyl (C=O) groups is 1. The van der Waals surface area contributed by atoms with Crippen LogP contribution in [-0.2, 0) is 5.75 Å². The smallest absolute Gasteiger partial charge is 0.251 e. The monoisotopic (exact) mass is 402 g/mol. The molecule has 1 N–H and O–H groups in total. The predicted molar refractivity (Wildman–Crippen MR) is 117 cm³/mol. The maximum Gasteiger partial charge on any atom is 0.251 e. The second-order valence-electron chi connectivity index (χ2n) is 5.86. The molecule has 0 atom stereocenters. The molecule has 0 saturated heterocycles. The van der Waals surface area contributed by atoms with Gasteiger partial charge in [-0.15, -0.1) is 11.8 Å². The number of benzene rings is 2. The van der Waals surface area contributed by atoms with Gasteiger partial charge in [0, 0.05) is 34.3 Å². The molecule has 0 unspecified atom stereocenters. The third kappa shape index (κ3) is 5.83. The topological polar surface area (TPSA) is 41.5 Å². The SMILES string of the molecule is Cc1ccc(SCCNC(=O)c2ccccc2CSC2=NCCS2)cc1. The molecule has 1 aliphatic heterocycles. The van der Waals surface area contributed by atoms with Crippen LogP contribution in [0.4, 0.5) is 0 Å². The highest BCUT2D eigenvalue weighted by Gasteiger charge is 2.13. The van der Waals surface area contributed by atoms with Crippen molar-refractivity contribution in [3.8, 4) is 0 Å². The van der Waals surface area contributed by atoms with E-state index >= 15 is 0 Å². The molecule has 0 radical (unpaired) electrons. The van der Waals surface area contributed by atoms with Crippen molar-refractivity contribution in [2.45, 2.75) is 17.6 Å². The summed E-state index contributed by atoms with van der Waals surface area (Å²) in [5.74, 6) is 2.72. The molecule has 1 amide bonds. The van der Waals surface area contributed by atoms with Crippen molar-refractivity contribution in [2.24, 2.45) is 4.99 Å². The normalized spacial score (nSPS) is 13.5. The maximum absolute atomic E-state index is 12.6. The Bertz CT molecular complexity index is 775. The molecule has 0 aromatic heterocycles. The third-order valence-corrected chi connectivity index (χ3v) is 7.16. The summed E-state index contributed by atoms with van der Waals surface area (Å²) in [6, 6.07) is 16.3. The fraction of sp³-hybridized carbons (Fsp3) is 0.300. The van der Waals surface area contributed by atoms with E-state index in [-0.39, 0.29) is 5.91 Å². The van der Waals surface area contributed by atoms with E-state index in [1.165, 1.54) is 10.5 Å². The first-order valence-corrected chi connectivity index (χ1v) is 11.5. The number of thioether (sulfide) groups is 3. The molecule has 26 heavy (non-hydrogen) atoms. The van der Waals surface area contributed by atoms with Crippen molar-refractivity contribution in [3.63, 3.8) is 0 Å². The minimum absolute atomic E-state index is 0.00622. The van der Waals surface area contributed by atoms with Gasteiger partial charge in [-0.05, 0) is 30.7 Å². The highest BCUT2D eigenvalue weighted by molar-refractivity contribution is 8.38. The zero-order valence-corrected chi connectivity index (χ0v) is 17.2. The molecule has 2 aromatic rings. The van der Waals surface area contributed by atoms with Gasteiger partial charge in [0.2, 0.25) is 0 Å². The zero-order valence-electron chi connectivity index (χ0n) is 14.7. The Labute approximate surface area is 167 Å². The molecule has 3 nitrogen and oxygen atoms in total. The van der Waals surface area contributed by atoms with Crippen LogP contribution in [0, 0.1) is 6.92 Å². The molecule has 0 bridgehead atoms. The second kappa shape index (κ2) is 10.1. The Morgan fingerprint density at radius 1 is 1.15 bits per heavy atom. The number of nitrogens with one attached hydrogen (secondary N) is 1. The lowest BCUT2D eigenvalue weighted by atomic mass is 10.1. The Morgan fingerprint density at radius 3 is 2.73 bits per heavy atom. The van der Waals surface area contributed by atoms with Crippen LogP contribution in [-0.4, -0.2) is 34.9 Å². The highest BCUT2D eigenvalue weighted by atomic mass is 32.2. The van der Waals surface area contributed by atoms with Crippen molar-refractivity contribution < 1.29 is 4.79 Å². The lowest BCUT2D eigenvalue weighted by Gasteiger charge is -2.10. The second-order valence-corrected chi connectivity index (χ2v) is 9.33. The van der Waals surface area contributed by atoms with Gasteiger partial charge in [-0.1, -0.05) is 59.4 Å². The molecule has 0 saturated carbocycles. The van der Waals surface area contributed by atoms with Crippen molar-refractivity contribution in [3.05, 3.63) is 65.2 Å². The van der Waals surface area contributed by atoms with Crippen molar-refractivity contribution in [1.82, 2.24) is 5.32 Å². The fourth-order valence-corrected chi connectivity index (χ4v) is 5.25. The lowest BCUT2D eigenvalue weighted by molar-refractivity contribution is 0.0955. The summed E-state index contributed by atoms with van der Waals surface area (Å²) in [6.45, 7) is 3.65. The molecule has 1 aliphatic rings. The summed E-state index contributed by atoms with van der Waals surface area (Å²) in [6.07, 6.45) is 0. The van der Waals surface area contributed by atoms with E-state index in [2.05, 4.69) is 41.5 Å². The standard InChI is InChI=1S/C20H22N2OS3/c1-15-6-8-17(9-7-15)24-12-10-21-19(23)18-5-3-2-4-16(18)14-26-20-22-11-13-25-20/h2-9H,10-14H2,1H3,(H,21,23). The number of amides is 1. The van der Waals surface area contributed by atoms with Crippen LogP contribution < -0.4 is 5.32 Å². The van der Waals surface area contributed by atoms with Gasteiger partial charge in [0.25, 0.3) is 5.91 Å². The summed E-state index contributed by atoms with van der Waals surface area (Å²) < 4.78 is 1.13. The third-order valence-electron chi connectivity index (χ3n) is 3.85. The Hall–Kier alpha value is -1.37. The van der Waals surface area contributed by atoms with Gasteiger partial charge in [-0.25, -0.2) is 0 Å². The summed E-state index contributed by atoms with van der Waals surface area (Å²) in [4.78, 5) is 18.2. The first-order chi connectivity index (χ1) is 12.7. The molecule has 0 fully saturated rings. The Balaban J connectivity index is 1.48. The number of aliphatic imine (C=N–C) groups is 1. The van der Waals surface area contributed by atoms with Gasteiger partial charge in [0.15, 0.2) is 0 Å². The molecule has 3 rings (SSSR count). The largest absolute Gasteiger partial charge is 0.351 e. The molecule has 136 valence electrons. The van der Waals surface area contributed by atoms with Crippen LogP contribution in [0.1, 0.15) is 21.5 Å². The summed E-state index contributed by atoms with van der Waals surface area (Å²) in [5, 5.41) is 3.04. The summed E-state index contributed by atoms with van der Waals surface area (Å²) in [5.41, 5.74) is 3.10. The molecular formula is C20H22N2OS3. The minimum atomic E-state index is 0.00622. The van der Waals surface area contributed by atoms with E-state index in [9.17, 15) is 4.79 Å². The van der Waals surface area contributed by atoms with E-state index in [1.807, 2.05) is 24.3 Å². The van der Waals surface area contributed by atoms with Gasteiger partial charge in [0.05, 0.1) is 6.54 Å². The first-order valence-electron chi connectivity index (χ1n) is 8.58. The summed E-state index contributed by atoms with van der Waals surface area (Å²) in [7, 11) is 0. The van der Waals surface area contributed by atoms with Gasteiger partial charge in [-0.3, -0.25) is 9.79 Å². The van der Waals surface area contributed by atoms with Crippen LogP contribution in [0.3, 0.4) is 0 Å².